The first kappa shape index (κ1) is 21.5. The summed E-state index contributed by atoms with van der Waals surface area (Å²) in [6.07, 6.45) is 2.21. The maximum Gasteiger partial charge on any atom is 0.247 e. The standard InChI is InChI=1S/C15H27N3O3S4/c1-3-17-13-11-18(6-4-8-22-9-5-7-21-2)24-15-12(13)10-14(23-15)25(16,19)20/h10,13,17H,3-9,11H2,1-2H3,(H2,16,19,20). The third kappa shape index (κ3) is 6.69. The van der Waals surface area contributed by atoms with Crippen LogP contribution in [0.5, 0.6) is 0 Å². The van der Waals surface area contributed by atoms with Gasteiger partial charge in [0, 0.05) is 32.8 Å². The zero-order chi connectivity index (χ0) is 18.3. The fourth-order valence-corrected chi connectivity index (χ4v) is 7.02. The van der Waals surface area contributed by atoms with Crippen molar-refractivity contribution in [1.29, 1.82) is 0 Å². The van der Waals surface area contributed by atoms with Gasteiger partial charge in [-0.3, -0.25) is 0 Å². The minimum atomic E-state index is -3.64. The molecule has 1 atom stereocenters. The molecular formula is C15H27N3O3S4. The highest BCUT2D eigenvalue weighted by Crippen LogP contribution is 2.43. The maximum absolute atomic E-state index is 11.6. The van der Waals surface area contributed by atoms with Crippen LogP contribution in [-0.4, -0.2) is 57.6 Å². The molecule has 0 aliphatic carbocycles. The monoisotopic (exact) mass is 425 g/mol. The van der Waals surface area contributed by atoms with Gasteiger partial charge in [-0.1, -0.05) is 6.92 Å². The van der Waals surface area contributed by atoms with E-state index in [0.29, 0.717) is 0 Å². The third-order valence-corrected chi connectivity index (χ3v) is 8.73. The predicted octanol–water partition coefficient (Wildman–Crippen LogP) is 2.53. The molecule has 0 saturated heterocycles. The molecule has 1 aromatic heterocycles. The molecule has 0 saturated carbocycles. The van der Waals surface area contributed by atoms with Crippen molar-refractivity contribution in [3.63, 3.8) is 0 Å². The summed E-state index contributed by atoms with van der Waals surface area (Å²) in [4.78, 5) is 0. The van der Waals surface area contributed by atoms with E-state index in [1.54, 1.807) is 25.1 Å². The van der Waals surface area contributed by atoms with Gasteiger partial charge in [-0.05, 0) is 54.5 Å². The average molecular weight is 426 g/mol. The number of hydrogen-bond acceptors (Lipinski definition) is 8. The van der Waals surface area contributed by atoms with Crippen LogP contribution in [0.1, 0.15) is 31.4 Å². The molecule has 10 heteroatoms. The number of primary sulfonamides is 1. The number of ether oxygens (including phenoxy) is 1. The van der Waals surface area contributed by atoms with Crippen molar-refractivity contribution in [2.24, 2.45) is 5.14 Å². The van der Waals surface area contributed by atoms with Gasteiger partial charge in [-0.15, -0.1) is 11.3 Å². The molecule has 6 nitrogen and oxygen atoms in total. The summed E-state index contributed by atoms with van der Waals surface area (Å²) in [5.74, 6) is 2.26. The summed E-state index contributed by atoms with van der Waals surface area (Å²) in [5, 5.41) is 8.76. The van der Waals surface area contributed by atoms with E-state index in [2.05, 4.69) is 16.5 Å². The summed E-state index contributed by atoms with van der Waals surface area (Å²) in [6, 6.07) is 1.89. The minimum absolute atomic E-state index is 0.155. The van der Waals surface area contributed by atoms with E-state index < -0.39 is 10.0 Å². The van der Waals surface area contributed by atoms with E-state index in [1.807, 2.05) is 11.8 Å². The highest BCUT2D eigenvalue weighted by atomic mass is 32.3. The van der Waals surface area contributed by atoms with Crippen LogP contribution in [0.2, 0.25) is 0 Å². The van der Waals surface area contributed by atoms with Crippen molar-refractivity contribution < 1.29 is 13.2 Å². The van der Waals surface area contributed by atoms with Crippen molar-refractivity contribution in [2.75, 3.05) is 44.9 Å². The van der Waals surface area contributed by atoms with Crippen molar-refractivity contribution in [2.45, 2.75) is 34.2 Å². The highest BCUT2D eigenvalue weighted by Gasteiger charge is 2.29. The van der Waals surface area contributed by atoms with E-state index in [4.69, 9.17) is 9.88 Å². The molecule has 0 fully saturated rings. The number of hydrogen-bond donors (Lipinski definition) is 2. The number of rotatable bonds is 11. The lowest BCUT2D eigenvalue weighted by Crippen LogP contribution is -2.35. The molecule has 25 heavy (non-hydrogen) atoms. The molecule has 1 aliphatic rings. The van der Waals surface area contributed by atoms with Crippen molar-refractivity contribution in [1.82, 2.24) is 9.62 Å². The number of nitrogens with zero attached hydrogens (tertiary/aromatic N) is 1. The number of sulfonamides is 1. The Morgan fingerprint density at radius 3 is 2.88 bits per heavy atom. The summed E-state index contributed by atoms with van der Waals surface area (Å²) in [5.41, 5.74) is 1.06. The predicted molar refractivity (Wildman–Crippen MR) is 108 cm³/mol. The van der Waals surface area contributed by atoms with Gasteiger partial charge < -0.3 is 10.1 Å². The van der Waals surface area contributed by atoms with Gasteiger partial charge in [0.25, 0.3) is 0 Å². The number of thiophene rings is 1. The Labute approximate surface area is 163 Å². The summed E-state index contributed by atoms with van der Waals surface area (Å²) >= 11 is 4.90. The highest BCUT2D eigenvalue weighted by molar-refractivity contribution is 7.99. The molecule has 0 aromatic carbocycles. The van der Waals surface area contributed by atoms with Gasteiger partial charge in [0.15, 0.2) is 0 Å². The molecule has 3 N–H and O–H groups in total. The second-order valence-corrected chi connectivity index (χ2v) is 11.2. The molecule has 2 rings (SSSR count). The first-order chi connectivity index (χ1) is 12.0. The maximum atomic E-state index is 11.6. The van der Waals surface area contributed by atoms with Crippen molar-refractivity contribution >= 4 is 45.1 Å². The molecule has 0 spiro atoms. The Bertz CT molecular complexity index is 636. The van der Waals surface area contributed by atoms with Gasteiger partial charge >= 0.3 is 0 Å². The molecule has 1 aliphatic heterocycles. The molecule has 0 bridgehead atoms. The zero-order valence-electron chi connectivity index (χ0n) is 14.7. The van der Waals surface area contributed by atoms with Gasteiger partial charge in [0.05, 0.1) is 4.21 Å². The lowest BCUT2D eigenvalue weighted by Gasteiger charge is -2.31. The molecule has 1 unspecified atom stereocenters. The summed E-state index contributed by atoms with van der Waals surface area (Å²) < 4.78 is 32.0. The lowest BCUT2D eigenvalue weighted by atomic mass is 10.1. The molecule has 2 heterocycles. The Morgan fingerprint density at radius 2 is 2.20 bits per heavy atom. The van der Waals surface area contributed by atoms with E-state index in [0.717, 1.165) is 60.4 Å². The Balaban J connectivity index is 1.90. The van der Waals surface area contributed by atoms with E-state index in [9.17, 15) is 8.42 Å². The zero-order valence-corrected chi connectivity index (χ0v) is 18.0. The minimum Gasteiger partial charge on any atom is -0.385 e. The van der Waals surface area contributed by atoms with E-state index in [-0.39, 0.29) is 10.3 Å². The molecular weight excluding hydrogens is 398 g/mol. The SMILES string of the molecule is CCNC1CN(CCCSCCCOC)Sc2sc(S(N)(=O)=O)cc21. The quantitative estimate of drug-likeness (QED) is 0.416. The second-order valence-electron chi connectivity index (χ2n) is 5.76. The number of likely N-dealkylation sites (N-methyl/N-ethyl adjacent to an activating group) is 1. The van der Waals surface area contributed by atoms with Crippen molar-refractivity contribution in [3.8, 4) is 0 Å². The molecule has 0 amide bonds. The normalized spacial score (nSPS) is 18.4. The third-order valence-electron chi connectivity index (χ3n) is 3.74. The van der Waals surface area contributed by atoms with Crippen LogP contribution < -0.4 is 10.5 Å². The van der Waals surface area contributed by atoms with Crippen LogP contribution in [0, 0.1) is 0 Å². The largest absolute Gasteiger partial charge is 0.385 e. The van der Waals surface area contributed by atoms with Gasteiger partial charge in [-0.25, -0.2) is 17.9 Å². The summed E-state index contributed by atoms with van der Waals surface area (Å²) in [7, 11) is -1.90. The lowest BCUT2D eigenvalue weighted by molar-refractivity contribution is 0.200. The molecule has 0 radical (unpaired) electrons. The van der Waals surface area contributed by atoms with Crippen LogP contribution in [0.4, 0.5) is 0 Å². The molecule has 144 valence electrons. The average Bonchev–Trinajstić information content (AvgIpc) is 2.99. The van der Waals surface area contributed by atoms with Crippen molar-refractivity contribution in [3.05, 3.63) is 11.6 Å². The smallest absolute Gasteiger partial charge is 0.247 e. The Hall–Kier alpha value is 0.190. The molecule has 1 aromatic rings. The van der Waals surface area contributed by atoms with Crippen LogP contribution in [-0.2, 0) is 14.8 Å². The van der Waals surface area contributed by atoms with Crippen LogP contribution in [0.3, 0.4) is 0 Å². The summed E-state index contributed by atoms with van der Waals surface area (Å²) in [6.45, 7) is 5.60. The first-order valence-electron chi connectivity index (χ1n) is 8.35. The van der Waals surface area contributed by atoms with Gasteiger partial charge in [-0.2, -0.15) is 11.8 Å². The van der Waals surface area contributed by atoms with E-state index in [1.165, 1.54) is 11.3 Å². The Morgan fingerprint density at radius 1 is 1.44 bits per heavy atom. The topological polar surface area (TPSA) is 84.7 Å². The number of nitrogens with one attached hydrogen (secondary N) is 1. The number of nitrogens with two attached hydrogens (primary N) is 1. The fourth-order valence-electron chi connectivity index (χ4n) is 2.58. The second kappa shape index (κ2) is 10.5. The van der Waals surface area contributed by atoms with Crippen LogP contribution >= 0.6 is 35.0 Å². The van der Waals surface area contributed by atoms with Crippen LogP contribution in [0.15, 0.2) is 14.5 Å². The number of methoxy groups -OCH3 is 1. The first-order valence-corrected chi connectivity index (χ1v) is 12.6. The number of fused-ring (bicyclic) bond motifs is 1. The van der Waals surface area contributed by atoms with Crippen LogP contribution in [0.25, 0.3) is 0 Å². The van der Waals surface area contributed by atoms with E-state index >= 15 is 0 Å². The van der Waals surface area contributed by atoms with Gasteiger partial charge in [0.1, 0.15) is 4.21 Å². The Kier molecular flexibility index (Phi) is 9.03. The fraction of sp³-hybridized carbons (Fsp3) is 0.733. The number of thioether (sulfide) groups is 1. The van der Waals surface area contributed by atoms with Gasteiger partial charge in [0.2, 0.25) is 10.0 Å².